The van der Waals surface area contributed by atoms with E-state index in [9.17, 15) is 4.79 Å². The number of hydrogen-bond acceptors (Lipinski definition) is 5. The van der Waals surface area contributed by atoms with Crippen molar-refractivity contribution < 1.29 is 14.4 Å². The smallest absolute Gasteiger partial charge is 0.328 e. The molecule has 0 bridgehead atoms. The van der Waals surface area contributed by atoms with Crippen LogP contribution in [0.4, 0.5) is 0 Å². The van der Waals surface area contributed by atoms with E-state index in [-0.39, 0.29) is 6.42 Å². The van der Waals surface area contributed by atoms with Crippen molar-refractivity contribution in [2.24, 2.45) is 5.84 Å². The van der Waals surface area contributed by atoms with Gasteiger partial charge in [0.05, 0.1) is 19.6 Å². The molecule has 0 unspecified atom stereocenters. The fourth-order valence-electron chi connectivity index (χ4n) is 1.04. The van der Waals surface area contributed by atoms with Crippen molar-refractivity contribution >= 4 is 21.9 Å². The van der Waals surface area contributed by atoms with Gasteiger partial charge in [-0.25, -0.2) is 5.84 Å². The summed E-state index contributed by atoms with van der Waals surface area (Å²) in [6.45, 7) is 0.771. The molecule has 3 N–H and O–H groups in total. The zero-order chi connectivity index (χ0) is 11.8. The van der Waals surface area contributed by atoms with Gasteiger partial charge in [-0.1, -0.05) is 33.7 Å². The topological polar surface area (TPSA) is 73.6 Å². The molecular formula is C10H13BrN2O3. The normalized spacial score (nSPS) is 10.1. The molecule has 16 heavy (non-hydrogen) atoms. The Hall–Kier alpha value is -0.950. The van der Waals surface area contributed by atoms with Crippen molar-refractivity contribution in [3.63, 3.8) is 0 Å². The summed E-state index contributed by atoms with van der Waals surface area (Å²) in [6, 6.07) is 7.77. The molecule has 0 amide bonds. The van der Waals surface area contributed by atoms with Crippen molar-refractivity contribution in [3.05, 3.63) is 34.3 Å². The molecule has 0 fully saturated rings. The molecule has 1 rings (SSSR count). The van der Waals surface area contributed by atoms with Gasteiger partial charge in [0, 0.05) is 4.47 Å². The SMILES string of the molecule is NNOC(=O)CCOCc1ccc(Br)cc1. The first kappa shape index (κ1) is 13.1. The zero-order valence-electron chi connectivity index (χ0n) is 8.61. The van der Waals surface area contributed by atoms with E-state index in [2.05, 4.69) is 20.8 Å². The molecule has 0 atom stereocenters. The summed E-state index contributed by atoms with van der Waals surface area (Å²) in [4.78, 5) is 15.2. The molecule has 5 nitrogen and oxygen atoms in total. The summed E-state index contributed by atoms with van der Waals surface area (Å²) in [5.41, 5.74) is 2.87. The average molecular weight is 289 g/mol. The van der Waals surface area contributed by atoms with E-state index in [1.54, 1.807) is 0 Å². The van der Waals surface area contributed by atoms with Crippen LogP contribution in [-0.4, -0.2) is 12.6 Å². The van der Waals surface area contributed by atoms with E-state index in [1.165, 1.54) is 0 Å². The molecule has 1 aromatic carbocycles. The van der Waals surface area contributed by atoms with E-state index in [1.807, 2.05) is 29.9 Å². The van der Waals surface area contributed by atoms with E-state index in [4.69, 9.17) is 10.6 Å². The summed E-state index contributed by atoms with van der Waals surface area (Å²) in [5, 5.41) is 0. The number of hydrogen-bond donors (Lipinski definition) is 2. The minimum Gasteiger partial charge on any atom is -0.376 e. The lowest BCUT2D eigenvalue weighted by Gasteiger charge is -2.04. The van der Waals surface area contributed by atoms with Gasteiger partial charge in [-0.3, -0.25) is 4.79 Å². The highest BCUT2D eigenvalue weighted by molar-refractivity contribution is 9.10. The highest BCUT2D eigenvalue weighted by Gasteiger charge is 2.01. The lowest BCUT2D eigenvalue weighted by molar-refractivity contribution is -0.152. The Labute approximate surface area is 102 Å². The fraction of sp³-hybridized carbons (Fsp3) is 0.300. The summed E-state index contributed by atoms with van der Waals surface area (Å²) in [7, 11) is 0. The molecule has 0 heterocycles. The third-order valence-corrected chi connectivity index (χ3v) is 2.33. The number of benzene rings is 1. The Kier molecular flexibility index (Phi) is 6.02. The van der Waals surface area contributed by atoms with E-state index < -0.39 is 5.97 Å². The Morgan fingerprint density at radius 2 is 2.06 bits per heavy atom. The Morgan fingerprint density at radius 3 is 2.69 bits per heavy atom. The largest absolute Gasteiger partial charge is 0.376 e. The summed E-state index contributed by atoms with van der Waals surface area (Å²) in [6.07, 6.45) is 0.167. The van der Waals surface area contributed by atoms with Crippen LogP contribution >= 0.6 is 15.9 Å². The first-order chi connectivity index (χ1) is 7.72. The highest BCUT2D eigenvalue weighted by atomic mass is 79.9. The molecule has 0 aliphatic carbocycles. The first-order valence-corrected chi connectivity index (χ1v) is 5.49. The second kappa shape index (κ2) is 7.34. The molecule has 0 radical (unpaired) electrons. The maximum Gasteiger partial charge on any atom is 0.328 e. The number of rotatable bonds is 6. The number of carbonyl (C=O) groups excluding carboxylic acids is 1. The van der Waals surface area contributed by atoms with Crippen LogP contribution in [0, 0.1) is 0 Å². The van der Waals surface area contributed by atoms with Crippen LogP contribution in [0.5, 0.6) is 0 Å². The molecule has 1 aromatic rings. The minimum absolute atomic E-state index is 0.167. The lowest BCUT2D eigenvalue weighted by atomic mass is 10.2. The van der Waals surface area contributed by atoms with Gasteiger partial charge in [0.15, 0.2) is 0 Å². The van der Waals surface area contributed by atoms with Crippen LogP contribution in [-0.2, 0) is 21.0 Å². The summed E-state index contributed by atoms with van der Waals surface area (Å²) < 4.78 is 6.31. The molecule has 0 saturated heterocycles. The number of carbonyl (C=O) groups is 1. The van der Waals surface area contributed by atoms with Gasteiger partial charge in [0.2, 0.25) is 0 Å². The molecule has 0 saturated carbocycles. The number of halogens is 1. The van der Waals surface area contributed by atoms with Gasteiger partial charge < -0.3 is 9.57 Å². The predicted octanol–water partition coefficient (Wildman–Crippen LogP) is 1.28. The fourth-order valence-corrected chi connectivity index (χ4v) is 1.31. The van der Waals surface area contributed by atoms with Crippen LogP contribution in [0.25, 0.3) is 0 Å². The second-order valence-corrected chi connectivity index (χ2v) is 3.94. The van der Waals surface area contributed by atoms with Crippen LogP contribution in [0.2, 0.25) is 0 Å². The summed E-state index contributed by atoms with van der Waals surface area (Å²) in [5.74, 6) is 4.35. The van der Waals surface area contributed by atoms with Gasteiger partial charge in [0.1, 0.15) is 0 Å². The zero-order valence-corrected chi connectivity index (χ0v) is 10.2. The molecule has 88 valence electrons. The molecule has 0 aromatic heterocycles. The van der Waals surface area contributed by atoms with Gasteiger partial charge in [-0.2, -0.15) is 0 Å². The Balaban J connectivity index is 2.16. The molecule has 0 aliphatic rings. The third-order valence-electron chi connectivity index (χ3n) is 1.81. The molecule has 6 heteroatoms. The van der Waals surface area contributed by atoms with Gasteiger partial charge in [-0.15, -0.1) is 0 Å². The maximum atomic E-state index is 10.8. The van der Waals surface area contributed by atoms with Crippen molar-refractivity contribution in [1.82, 2.24) is 5.59 Å². The molecular weight excluding hydrogens is 276 g/mol. The van der Waals surface area contributed by atoms with E-state index >= 15 is 0 Å². The number of nitrogens with two attached hydrogens (primary N) is 1. The van der Waals surface area contributed by atoms with Crippen molar-refractivity contribution in [2.45, 2.75) is 13.0 Å². The predicted molar refractivity (Wildman–Crippen MR) is 61.8 cm³/mol. The van der Waals surface area contributed by atoms with E-state index in [0.29, 0.717) is 13.2 Å². The Bertz CT molecular complexity index is 329. The van der Waals surface area contributed by atoms with Crippen molar-refractivity contribution in [1.29, 1.82) is 0 Å². The van der Waals surface area contributed by atoms with Crippen LogP contribution in [0.15, 0.2) is 28.7 Å². The second-order valence-electron chi connectivity index (χ2n) is 3.02. The third kappa shape index (κ3) is 5.22. The number of nitrogens with one attached hydrogen (secondary N) is 1. The Morgan fingerprint density at radius 1 is 1.38 bits per heavy atom. The maximum absolute atomic E-state index is 10.8. The van der Waals surface area contributed by atoms with Gasteiger partial charge in [-0.05, 0) is 17.7 Å². The minimum atomic E-state index is -0.446. The van der Waals surface area contributed by atoms with Crippen LogP contribution in [0.1, 0.15) is 12.0 Å². The first-order valence-electron chi connectivity index (χ1n) is 4.70. The molecule has 0 aliphatic heterocycles. The number of ether oxygens (including phenoxy) is 1. The van der Waals surface area contributed by atoms with Gasteiger partial charge in [0.25, 0.3) is 0 Å². The monoisotopic (exact) mass is 288 g/mol. The van der Waals surface area contributed by atoms with Gasteiger partial charge >= 0.3 is 5.97 Å². The quantitative estimate of drug-likeness (QED) is 0.469. The standard InChI is InChI=1S/C10H13BrN2O3/c11-9-3-1-8(2-4-9)7-15-6-5-10(14)16-13-12/h1-4,13H,5-7,12H2. The highest BCUT2D eigenvalue weighted by Crippen LogP contribution is 2.11. The molecule has 0 spiro atoms. The van der Waals surface area contributed by atoms with Crippen LogP contribution in [0.3, 0.4) is 0 Å². The average Bonchev–Trinajstić information content (AvgIpc) is 2.27. The number of hydrazine groups is 1. The van der Waals surface area contributed by atoms with Crippen molar-refractivity contribution in [2.75, 3.05) is 6.61 Å². The van der Waals surface area contributed by atoms with Crippen molar-refractivity contribution in [3.8, 4) is 0 Å². The lowest BCUT2D eigenvalue weighted by Crippen LogP contribution is -2.26. The van der Waals surface area contributed by atoms with E-state index in [0.717, 1.165) is 10.0 Å². The van der Waals surface area contributed by atoms with Crippen LogP contribution < -0.4 is 11.4 Å². The summed E-state index contributed by atoms with van der Waals surface area (Å²) >= 11 is 3.34.